The molecule has 2 aromatic rings. The van der Waals surface area contributed by atoms with Crippen molar-refractivity contribution in [2.75, 3.05) is 18.9 Å². The van der Waals surface area contributed by atoms with Crippen LogP contribution in [0.2, 0.25) is 10.0 Å². The summed E-state index contributed by atoms with van der Waals surface area (Å²) >= 11 is 11.7. The second kappa shape index (κ2) is 7.29. The average molecular weight is 376 g/mol. The van der Waals surface area contributed by atoms with Gasteiger partial charge in [-0.3, -0.25) is 4.72 Å². The zero-order chi connectivity index (χ0) is 17.0. The van der Waals surface area contributed by atoms with Gasteiger partial charge in [-0.15, -0.1) is 0 Å². The van der Waals surface area contributed by atoms with E-state index in [0.29, 0.717) is 32.8 Å². The standard InChI is InChI=1S/C15H15Cl2NO4S/c1-21-14-6-4-11(8-15(14)22-2)18-23(19,20)9-10-3-5-12(16)13(17)7-10/h3-8,18H,9H2,1-2H3. The first kappa shape index (κ1) is 17.7. The van der Waals surface area contributed by atoms with Gasteiger partial charge in [0.15, 0.2) is 11.5 Å². The van der Waals surface area contributed by atoms with Crippen molar-refractivity contribution in [3.8, 4) is 11.5 Å². The van der Waals surface area contributed by atoms with E-state index in [2.05, 4.69) is 4.72 Å². The maximum absolute atomic E-state index is 12.3. The molecule has 0 saturated carbocycles. The lowest BCUT2D eigenvalue weighted by Crippen LogP contribution is -2.15. The Bertz CT molecular complexity index is 809. The highest BCUT2D eigenvalue weighted by atomic mass is 35.5. The zero-order valence-corrected chi connectivity index (χ0v) is 14.8. The molecule has 0 fully saturated rings. The monoisotopic (exact) mass is 375 g/mol. The van der Waals surface area contributed by atoms with Gasteiger partial charge in [-0.25, -0.2) is 8.42 Å². The first-order valence-electron chi connectivity index (χ1n) is 6.51. The van der Waals surface area contributed by atoms with E-state index in [-0.39, 0.29) is 5.75 Å². The van der Waals surface area contributed by atoms with E-state index < -0.39 is 10.0 Å². The van der Waals surface area contributed by atoms with Gasteiger partial charge in [-0.1, -0.05) is 29.3 Å². The van der Waals surface area contributed by atoms with Gasteiger partial charge in [0.1, 0.15) is 0 Å². The molecule has 2 aromatic carbocycles. The fraction of sp³-hybridized carbons (Fsp3) is 0.200. The minimum absolute atomic E-state index is 0.224. The van der Waals surface area contributed by atoms with E-state index in [9.17, 15) is 8.42 Å². The van der Waals surface area contributed by atoms with Crippen molar-refractivity contribution in [1.29, 1.82) is 0 Å². The van der Waals surface area contributed by atoms with Gasteiger partial charge >= 0.3 is 0 Å². The Morgan fingerprint density at radius 2 is 1.65 bits per heavy atom. The number of hydrogen-bond acceptors (Lipinski definition) is 4. The molecule has 0 aromatic heterocycles. The number of hydrogen-bond donors (Lipinski definition) is 1. The van der Waals surface area contributed by atoms with Crippen LogP contribution >= 0.6 is 23.2 Å². The third-order valence-electron chi connectivity index (χ3n) is 3.00. The summed E-state index contributed by atoms with van der Waals surface area (Å²) in [5.41, 5.74) is 0.912. The van der Waals surface area contributed by atoms with Gasteiger partial charge < -0.3 is 9.47 Å². The second-order valence-corrected chi connectivity index (χ2v) is 7.22. The molecule has 0 aliphatic rings. The van der Waals surface area contributed by atoms with Gasteiger partial charge in [-0.05, 0) is 29.8 Å². The molecule has 0 amide bonds. The average Bonchev–Trinajstić information content (AvgIpc) is 2.50. The summed E-state index contributed by atoms with van der Waals surface area (Å²) < 4.78 is 37.3. The molecule has 0 aliphatic heterocycles. The third-order valence-corrected chi connectivity index (χ3v) is 5.00. The Balaban J connectivity index is 2.19. The summed E-state index contributed by atoms with van der Waals surface area (Å²) in [5, 5.41) is 0.686. The molecule has 0 unspecified atom stereocenters. The molecule has 0 aliphatic carbocycles. The van der Waals surface area contributed by atoms with Gasteiger partial charge in [0.05, 0.1) is 35.7 Å². The lowest BCUT2D eigenvalue weighted by atomic mass is 10.2. The Morgan fingerprint density at radius 1 is 0.957 bits per heavy atom. The molecule has 0 atom stereocenters. The van der Waals surface area contributed by atoms with Crippen molar-refractivity contribution in [2.24, 2.45) is 0 Å². The highest BCUT2D eigenvalue weighted by Crippen LogP contribution is 2.30. The van der Waals surface area contributed by atoms with E-state index in [1.807, 2.05) is 0 Å². The predicted octanol–water partition coefficient (Wildman–Crippen LogP) is 3.95. The molecular weight excluding hydrogens is 361 g/mol. The molecule has 0 heterocycles. The highest BCUT2D eigenvalue weighted by molar-refractivity contribution is 7.91. The molecule has 124 valence electrons. The number of halogens is 2. The molecule has 0 bridgehead atoms. The van der Waals surface area contributed by atoms with E-state index in [1.54, 1.807) is 30.3 Å². The number of nitrogens with one attached hydrogen (secondary N) is 1. The number of benzene rings is 2. The van der Waals surface area contributed by atoms with Crippen molar-refractivity contribution in [2.45, 2.75) is 5.75 Å². The van der Waals surface area contributed by atoms with Crippen LogP contribution in [0, 0.1) is 0 Å². The van der Waals surface area contributed by atoms with Crippen LogP contribution in [-0.4, -0.2) is 22.6 Å². The van der Waals surface area contributed by atoms with Crippen LogP contribution in [0.5, 0.6) is 11.5 Å². The predicted molar refractivity (Wildman–Crippen MR) is 92.3 cm³/mol. The number of ether oxygens (including phenoxy) is 2. The molecular formula is C15H15Cl2NO4S. The number of methoxy groups -OCH3 is 2. The van der Waals surface area contributed by atoms with Crippen LogP contribution in [0.1, 0.15) is 5.56 Å². The topological polar surface area (TPSA) is 64.6 Å². The van der Waals surface area contributed by atoms with E-state index >= 15 is 0 Å². The summed E-state index contributed by atoms with van der Waals surface area (Å²) in [6, 6.07) is 9.46. The Labute approximate surface area is 145 Å². The van der Waals surface area contributed by atoms with E-state index in [0.717, 1.165) is 0 Å². The highest BCUT2D eigenvalue weighted by Gasteiger charge is 2.14. The molecule has 8 heteroatoms. The number of sulfonamides is 1. The second-order valence-electron chi connectivity index (χ2n) is 4.68. The molecule has 0 radical (unpaired) electrons. The molecule has 23 heavy (non-hydrogen) atoms. The summed E-state index contributed by atoms with van der Waals surface area (Å²) in [7, 11) is -0.626. The fourth-order valence-corrected chi connectivity index (χ4v) is 3.46. The quantitative estimate of drug-likeness (QED) is 0.829. The number of anilines is 1. The van der Waals surface area contributed by atoms with Crippen LogP contribution in [-0.2, 0) is 15.8 Å². The van der Waals surface area contributed by atoms with Gasteiger partial charge in [0.25, 0.3) is 0 Å². The summed E-state index contributed by atoms with van der Waals surface area (Å²) in [6.45, 7) is 0. The first-order chi connectivity index (χ1) is 10.8. The zero-order valence-electron chi connectivity index (χ0n) is 12.5. The maximum Gasteiger partial charge on any atom is 0.236 e. The minimum Gasteiger partial charge on any atom is -0.493 e. The summed E-state index contributed by atoms with van der Waals surface area (Å²) in [4.78, 5) is 0. The first-order valence-corrected chi connectivity index (χ1v) is 8.92. The van der Waals surface area contributed by atoms with Crippen molar-refractivity contribution >= 4 is 38.9 Å². The van der Waals surface area contributed by atoms with Gasteiger partial charge in [0, 0.05) is 6.07 Å². The maximum atomic E-state index is 12.3. The Morgan fingerprint density at radius 3 is 2.26 bits per heavy atom. The van der Waals surface area contributed by atoms with E-state index in [1.165, 1.54) is 20.3 Å². The van der Waals surface area contributed by atoms with Crippen molar-refractivity contribution in [3.63, 3.8) is 0 Å². The smallest absolute Gasteiger partial charge is 0.236 e. The van der Waals surface area contributed by atoms with Crippen LogP contribution in [0.25, 0.3) is 0 Å². The molecule has 0 spiro atoms. The van der Waals surface area contributed by atoms with Gasteiger partial charge in [0.2, 0.25) is 10.0 Å². The molecule has 2 rings (SSSR count). The third kappa shape index (κ3) is 4.67. The molecule has 0 saturated heterocycles. The summed E-state index contributed by atoms with van der Waals surface area (Å²) in [5.74, 6) is 0.722. The largest absolute Gasteiger partial charge is 0.493 e. The van der Waals surface area contributed by atoms with Crippen LogP contribution < -0.4 is 14.2 Å². The minimum atomic E-state index is -3.61. The van der Waals surface area contributed by atoms with E-state index in [4.69, 9.17) is 32.7 Å². The normalized spacial score (nSPS) is 11.1. The summed E-state index contributed by atoms with van der Waals surface area (Å²) in [6.07, 6.45) is 0. The molecule has 5 nitrogen and oxygen atoms in total. The Kier molecular flexibility index (Phi) is 5.62. The lowest BCUT2D eigenvalue weighted by Gasteiger charge is -2.12. The molecule has 1 N–H and O–H groups in total. The van der Waals surface area contributed by atoms with Crippen LogP contribution in [0.4, 0.5) is 5.69 Å². The van der Waals surface area contributed by atoms with Gasteiger partial charge in [-0.2, -0.15) is 0 Å². The van der Waals surface area contributed by atoms with Crippen LogP contribution in [0.3, 0.4) is 0 Å². The van der Waals surface area contributed by atoms with Crippen LogP contribution in [0.15, 0.2) is 36.4 Å². The Hall–Kier alpha value is -1.63. The van der Waals surface area contributed by atoms with Crippen molar-refractivity contribution in [3.05, 3.63) is 52.0 Å². The lowest BCUT2D eigenvalue weighted by molar-refractivity contribution is 0.355. The van der Waals surface area contributed by atoms with Crippen molar-refractivity contribution in [1.82, 2.24) is 0 Å². The van der Waals surface area contributed by atoms with Crippen molar-refractivity contribution < 1.29 is 17.9 Å². The SMILES string of the molecule is COc1ccc(NS(=O)(=O)Cc2ccc(Cl)c(Cl)c2)cc1OC. The fourth-order valence-electron chi connectivity index (χ4n) is 1.96. The number of rotatable bonds is 6.